The minimum Gasteiger partial charge on any atom is -0.365 e. The molecule has 0 aliphatic carbocycles. The topological polar surface area (TPSA) is 80.6 Å². The summed E-state index contributed by atoms with van der Waals surface area (Å²) in [6.07, 6.45) is -0.111. The summed E-state index contributed by atoms with van der Waals surface area (Å²) >= 11 is 0. The standard InChI is InChI=1S/C27H31N5O3/c1-27(2,3)21-11-9-20(10-12-21)25(33)30-13-15-31(16-14-30)26(34)24-22-18-35-23(17-32(22)29-28-24)19-7-5-4-6-8-19/h4-12,23H,13-18H2,1-3H3/t23-/m0/s1. The Balaban J connectivity index is 1.20. The van der Waals surface area contributed by atoms with Crippen LogP contribution in [0.3, 0.4) is 0 Å². The van der Waals surface area contributed by atoms with Crippen LogP contribution in [0.15, 0.2) is 54.6 Å². The van der Waals surface area contributed by atoms with Crippen molar-refractivity contribution in [2.75, 3.05) is 26.2 Å². The lowest BCUT2D eigenvalue weighted by Gasteiger charge is -2.34. The molecule has 0 unspecified atom stereocenters. The molecule has 8 nitrogen and oxygen atoms in total. The highest BCUT2D eigenvalue weighted by Crippen LogP contribution is 2.27. The van der Waals surface area contributed by atoms with E-state index in [-0.39, 0.29) is 29.9 Å². The Bertz CT molecular complexity index is 1210. The zero-order valence-electron chi connectivity index (χ0n) is 20.5. The minimum absolute atomic E-state index is 0.000973. The molecular weight excluding hydrogens is 442 g/mol. The highest BCUT2D eigenvalue weighted by atomic mass is 16.5. The van der Waals surface area contributed by atoms with E-state index in [1.807, 2.05) is 59.5 Å². The first kappa shape index (κ1) is 23.2. The number of nitrogens with zero attached hydrogens (tertiary/aromatic N) is 5. The first-order valence-corrected chi connectivity index (χ1v) is 12.1. The van der Waals surface area contributed by atoms with Crippen LogP contribution in [0.5, 0.6) is 0 Å². The van der Waals surface area contributed by atoms with Crippen molar-refractivity contribution in [3.05, 3.63) is 82.7 Å². The Morgan fingerprint density at radius 1 is 0.886 bits per heavy atom. The fraction of sp³-hybridized carbons (Fsp3) is 0.407. The molecule has 5 rings (SSSR count). The predicted octanol–water partition coefficient (Wildman–Crippen LogP) is 3.45. The second-order valence-corrected chi connectivity index (χ2v) is 10.2. The lowest BCUT2D eigenvalue weighted by atomic mass is 9.86. The fourth-order valence-corrected chi connectivity index (χ4v) is 4.60. The zero-order valence-corrected chi connectivity index (χ0v) is 20.5. The maximum absolute atomic E-state index is 13.2. The molecule has 1 fully saturated rings. The van der Waals surface area contributed by atoms with Crippen LogP contribution in [-0.2, 0) is 23.3 Å². The molecule has 1 saturated heterocycles. The number of benzene rings is 2. The number of carbonyl (C=O) groups excluding carboxylic acids is 2. The molecule has 182 valence electrons. The van der Waals surface area contributed by atoms with Gasteiger partial charge in [-0.2, -0.15) is 0 Å². The van der Waals surface area contributed by atoms with E-state index in [4.69, 9.17) is 4.74 Å². The number of hydrogen-bond donors (Lipinski definition) is 0. The van der Waals surface area contributed by atoms with Crippen LogP contribution < -0.4 is 0 Å². The molecule has 3 heterocycles. The number of amides is 2. The van der Waals surface area contributed by atoms with E-state index in [9.17, 15) is 9.59 Å². The lowest BCUT2D eigenvalue weighted by molar-refractivity contribution is -0.00202. The molecule has 2 amide bonds. The van der Waals surface area contributed by atoms with E-state index in [1.54, 1.807) is 9.58 Å². The predicted molar refractivity (Wildman–Crippen MR) is 131 cm³/mol. The Kier molecular flexibility index (Phi) is 6.15. The SMILES string of the molecule is CC(C)(C)c1ccc(C(=O)N2CCN(C(=O)c3nnn4c3CO[C@H](c3ccccc3)C4)CC2)cc1. The van der Waals surface area contributed by atoms with Crippen molar-refractivity contribution in [1.29, 1.82) is 0 Å². The fourth-order valence-electron chi connectivity index (χ4n) is 4.60. The summed E-state index contributed by atoms with van der Waals surface area (Å²) in [6.45, 7) is 9.17. The van der Waals surface area contributed by atoms with Gasteiger partial charge in [-0.05, 0) is 28.7 Å². The normalized spacial score (nSPS) is 18.3. The molecule has 0 N–H and O–H groups in total. The minimum atomic E-state index is -0.158. The van der Waals surface area contributed by atoms with Gasteiger partial charge in [0.05, 0.1) is 18.8 Å². The second kappa shape index (κ2) is 9.26. The largest absolute Gasteiger partial charge is 0.365 e. The van der Waals surface area contributed by atoms with Gasteiger partial charge in [0.2, 0.25) is 0 Å². The summed E-state index contributed by atoms with van der Waals surface area (Å²) in [6, 6.07) is 17.8. The average Bonchev–Trinajstić information content (AvgIpc) is 3.31. The van der Waals surface area contributed by atoms with Gasteiger partial charge in [-0.3, -0.25) is 9.59 Å². The van der Waals surface area contributed by atoms with Crippen molar-refractivity contribution < 1.29 is 14.3 Å². The van der Waals surface area contributed by atoms with Gasteiger partial charge in [-0.1, -0.05) is 68.4 Å². The van der Waals surface area contributed by atoms with Crippen molar-refractivity contribution in [2.45, 2.75) is 45.4 Å². The highest BCUT2D eigenvalue weighted by molar-refractivity contribution is 5.95. The third-order valence-corrected chi connectivity index (χ3v) is 6.82. The number of rotatable bonds is 3. The second-order valence-electron chi connectivity index (χ2n) is 10.2. The zero-order chi connectivity index (χ0) is 24.6. The first-order valence-electron chi connectivity index (χ1n) is 12.1. The van der Waals surface area contributed by atoms with E-state index in [0.29, 0.717) is 49.7 Å². The number of fused-ring (bicyclic) bond motifs is 1. The summed E-state index contributed by atoms with van der Waals surface area (Å²) in [4.78, 5) is 29.8. The first-order chi connectivity index (χ1) is 16.8. The quantitative estimate of drug-likeness (QED) is 0.582. The number of hydrogen-bond acceptors (Lipinski definition) is 5. The van der Waals surface area contributed by atoms with Gasteiger partial charge in [0, 0.05) is 31.7 Å². The van der Waals surface area contributed by atoms with Crippen molar-refractivity contribution in [3.63, 3.8) is 0 Å². The molecule has 35 heavy (non-hydrogen) atoms. The summed E-state index contributed by atoms with van der Waals surface area (Å²) in [7, 11) is 0. The Morgan fingerprint density at radius 2 is 1.51 bits per heavy atom. The molecule has 0 bridgehead atoms. The van der Waals surface area contributed by atoms with Crippen LogP contribution in [0.2, 0.25) is 0 Å². The molecule has 3 aromatic rings. The smallest absolute Gasteiger partial charge is 0.276 e. The maximum Gasteiger partial charge on any atom is 0.276 e. The molecule has 2 aliphatic rings. The van der Waals surface area contributed by atoms with Crippen molar-refractivity contribution >= 4 is 11.8 Å². The Labute approximate surface area is 205 Å². The summed E-state index contributed by atoms with van der Waals surface area (Å²) < 4.78 is 7.80. The molecular formula is C27H31N5O3. The van der Waals surface area contributed by atoms with E-state index in [1.165, 1.54) is 5.56 Å². The third kappa shape index (κ3) is 4.71. The molecule has 0 spiro atoms. The number of ether oxygens (including phenoxy) is 1. The molecule has 0 radical (unpaired) electrons. The molecule has 1 atom stereocenters. The van der Waals surface area contributed by atoms with Gasteiger partial charge >= 0.3 is 0 Å². The van der Waals surface area contributed by atoms with Crippen LogP contribution in [-0.4, -0.2) is 62.8 Å². The van der Waals surface area contributed by atoms with Crippen LogP contribution in [0.25, 0.3) is 0 Å². The Morgan fingerprint density at radius 3 is 2.14 bits per heavy atom. The lowest BCUT2D eigenvalue weighted by Crippen LogP contribution is -2.50. The van der Waals surface area contributed by atoms with Gasteiger partial charge in [0.1, 0.15) is 6.10 Å². The van der Waals surface area contributed by atoms with Crippen molar-refractivity contribution in [1.82, 2.24) is 24.8 Å². The molecule has 2 aromatic carbocycles. The average molecular weight is 474 g/mol. The van der Waals surface area contributed by atoms with Crippen molar-refractivity contribution in [2.24, 2.45) is 0 Å². The van der Waals surface area contributed by atoms with Crippen LogP contribution in [0.4, 0.5) is 0 Å². The van der Waals surface area contributed by atoms with Crippen molar-refractivity contribution in [3.8, 4) is 0 Å². The maximum atomic E-state index is 13.2. The summed E-state index contributed by atoms with van der Waals surface area (Å²) in [5.41, 5.74) is 4.04. The van der Waals surface area contributed by atoms with Gasteiger partial charge in [-0.25, -0.2) is 4.68 Å². The van der Waals surface area contributed by atoms with Crippen LogP contribution in [0.1, 0.15) is 64.5 Å². The van der Waals surface area contributed by atoms with Gasteiger partial charge in [0.25, 0.3) is 11.8 Å². The molecule has 8 heteroatoms. The van der Waals surface area contributed by atoms with E-state index in [0.717, 1.165) is 5.56 Å². The number of aromatic nitrogens is 3. The third-order valence-electron chi connectivity index (χ3n) is 6.82. The summed E-state index contributed by atoms with van der Waals surface area (Å²) in [5, 5.41) is 8.42. The number of piperazine rings is 1. The van der Waals surface area contributed by atoms with E-state index in [2.05, 4.69) is 31.1 Å². The van der Waals surface area contributed by atoms with Crippen LogP contribution in [0, 0.1) is 0 Å². The Hall–Kier alpha value is -3.52. The molecule has 2 aliphatic heterocycles. The molecule has 1 aromatic heterocycles. The van der Waals surface area contributed by atoms with Gasteiger partial charge < -0.3 is 14.5 Å². The monoisotopic (exact) mass is 473 g/mol. The number of carbonyl (C=O) groups is 2. The van der Waals surface area contributed by atoms with Gasteiger partial charge in [-0.15, -0.1) is 5.10 Å². The van der Waals surface area contributed by atoms with Crippen LogP contribution >= 0.6 is 0 Å². The van der Waals surface area contributed by atoms with E-state index < -0.39 is 0 Å². The van der Waals surface area contributed by atoms with E-state index >= 15 is 0 Å². The highest BCUT2D eigenvalue weighted by Gasteiger charge is 2.32. The molecule has 0 saturated carbocycles. The summed E-state index contributed by atoms with van der Waals surface area (Å²) in [5.74, 6) is -0.159. The van der Waals surface area contributed by atoms with Gasteiger partial charge in [0.15, 0.2) is 5.69 Å².